The van der Waals surface area contributed by atoms with Crippen LogP contribution < -0.4 is 0 Å². The molecular formula is C21H22N4O3. The Kier molecular flexibility index (Phi) is 5.23. The molecule has 144 valence electrons. The van der Waals surface area contributed by atoms with Gasteiger partial charge in [-0.1, -0.05) is 30.3 Å². The van der Waals surface area contributed by atoms with Crippen molar-refractivity contribution in [1.82, 2.24) is 20.0 Å². The number of nitrogens with zero attached hydrogens (tertiary/aromatic N) is 3. The lowest BCUT2D eigenvalue weighted by Gasteiger charge is -2.34. The number of piperazine rings is 1. The van der Waals surface area contributed by atoms with Gasteiger partial charge in [0.15, 0.2) is 11.5 Å². The van der Waals surface area contributed by atoms with Crippen LogP contribution in [0.4, 0.5) is 0 Å². The number of hydrogen-bond acceptors (Lipinski definition) is 4. The molecule has 1 fully saturated rings. The SMILES string of the molecule is O=C(CCc1ccccc1)N1CCN(C(=O)c2cc(-c3ccco3)[nH]n2)CC1. The van der Waals surface area contributed by atoms with Gasteiger partial charge in [-0.25, -0.2) is 0 Å². The Hall–Kier alpha value is -3.35. The van der Waals surface area contributed by atoms with Crippen molar-refractivity contribution < 1.29 is 14.0 Å². The average Bonchev–Trinajstić information content (AvgIpc) is 3.44. The van der Waals surface area contributed by atoms with Crippen LogP contribution in [0.25, 0.3) is 11.5 Å². The molecule has 0 saturated carbocycles. The van der Waals surface area contributed by atoms with Gasteiger partial charge in [-0.15, -0.1) is 0 Å². The van der Waals surface area contributed by atoms with Crippen LogP contribution >= 0.6 is 0 Å². The maximum Gasteiger partial charge on any atom is 0.274 e. The normalized spacial score (nSPS) is 14.3. The standard InChI is InChI=1S/C21H22N4O3/c26-20(9-8-16-5-2-1-3-6-16)24-10-12-25(13-11-24)21(27)18-15-17(22-23-18)19-7-4-14-28-19/h1-7,14-15H,8-13H2,(H,22,23). The van der Waals surface area contributed by atoms with Gasteiger partial charge in [0.25, 0.3) is 5.91 Å². The Morgan fingerprint density at radius 2 is 1.75 bits per heavy atom. The number of amides is 2. The molecule has 0 bridgehead atoms. The first-order valence-corrected chi connectivity index (χ1v) is 9.41. The van der Waals surface area contributed by atoms with Crippen molar-refractivity contribution in [1.29, 1.82) is 0 Å². The van der Waals surface area contributed by atoms with E-state index in [0.717, 1.165) is 12.0 Å². The van der Waals surface area contributed by atoms with E-state index in [0.29, 0.717) is 49.7 Å². The van der Waals surface area contributed by atoms with E-state index in [9.17, 15) is 9.59 Å². The molecule has 1 aliphatic rings. The van der Waals surface area contributed by atoms with E-state index in [1.165, 1.54) is 0 Å². The molecule has 1 aromatic carbocycles. The summed E-state index contributed by atoms with van der Waals surface area (Å²) in [7, 11) is 0. The summed E-state index contributed by atoms with van der Waals surface area (Å²) in [6, 6.07) is 15.3. The molecule has 0 unspecified atom stereocenters. The fourth-order valence-electron chi connectivity index (χ4n) is 3.36. The lowest BCUT2D eigenvalue weighted by atomic mass is 10.1. The fraction of sp³-hybridized carbons (Fsp3) is 0.286. The summed E-state index contributed by atoms with van der Waals surface area (Å²) in [5.41, 5.74) is 2.19. The van der Waals surface area contributed by atoms with Crippen LogP contribution in [0.15, 0.2) is 59.2 Å². The highest BCUT2D eigenvalue weighted by molar-refractivity contribution is 5.93. The van der Waals surface area contributed by atoms with Crippen LogP contribution in [0.1, 0.15) is 22.5 Å². The first kappa shape index (κ1) is 18.0. The molecule has 28 heavy (non-hydrogen) atoms. The second-order valence-electron chi connectivity index (χ2n) is 6.80. The van der Waals surface area contributed by atoms with Crippen molar-refractivity contribution in [2.24, 2.45) is 0 Å². The number of nitrogens with one attached hydrogen (secondary N) is 1. The first-order chi connectivity index (χ1) is 13.7. The topological polar surface area (TPSA) is 82.4 Å². The molecule has 3 aromatic rings. The van der Waals surface area contributed by atoms with Crippen molar-refractivity contribution in [2.45, 2.75) is 12.8 Å². The number of carbonyl (C=O) groups is 2. The Bertz CT molecular complexity index is 926. The fourth-order valence-corrected chi connectivity index (χ4v) is 3.36. The molecule has 1 N–H and O–H groups in total. The number of aryl methyl sites for hydroxylation is 1. The Balaban J connectivity index is 1.29. The minimum absolute atomic E-state index is 0.134. The number of benzene rings is 1. The Morgan fingerprint density at radius 1 is 1.00 bits per heavy atom. The molecule has 1 aliphatic heterocycles. The maximum atomic E-state index is 12.7. The van der Waals surface area contributed by atoms with Gasteiger partial charge in [0.2, 0.25) is 5.91 Å². The van der Waals surface area contributed by atoms with Crippen LogP contribution in [-0.2, 0) is 11.2 Å². The zero-order chi connectivity index (χ0) is 19.3. The van der Waals surface area contributed by atoms with Gasteiger partial charge in [-0.05, 0) is 24.1 Å². The quantitative estimate of drug-likeness (QED) is 0.740. The molecule has 7 nitrogen and oxygen atoms in total. The number of furan rings is 1. The molecule has 1 saturated heterocycles. The third-order valence-electron chi connectivity index (χ3n) is 4.97. The van der Waals surface area contributed by atoms with Gasteiger partial charge in [0.05, 0.1) is 6.26 Å². The van der Waals surface area contributed by atoms with Crippen molar-refractivity contribution in [2.75, 3.05) is 26.2 Å². The van der Waals surface area contributed by atoms with E-state index in [2.05, 4.69) is 10.2 Å². The summed E-state index contributed by atoms with van der Waals surface area (Å²) in [4.78, 5) is 28.7. The van der Waals surface area contributed by atoms with Gasteiger partial charge >= 0.3 is 0 Å². The van der Waals surface area contributed by atoms with Gasteiger partial charge < -0.3 is 14.2 Å². The van der Waals surface area contributed by atoms with Crippen molar-refractivity contribution in [3.63, 3.8) is 0 Å². The number of carbonyl (C=O) groups excluding carboxylic acids is 2. The van der Waals surface area contributed by atoms with E-state index < -0.39 is 0 Å². The van der Waals surface area contributed by atoms with Crippen molar-refractivity contribution >= 4 is 11.8 Å². The summed E-state index contributed by atoms with van der Waals surface area (Å²) < 4.78 is 5.31. The highest BCUT2D eigenvalue weighted by Gasteiger charge is 2.26. The minimum atomic E-state index is -0.134. The molecule has 0 atom stereocenters. The van der Waals surface area contributed by atoms with Gasteiger partial charge in [-0.2, -0.15) is 5.10 Å². The molecule has 2 aromatic heterocycles. The predicted octanol–water partition coefficient (Wildman–Crippen LogP) is 2.59. The zero-order valence-corrected chi connectivity index (χ0v) is 15.5. The molecule has 0 spiro atoms. The van der Waals surface area contributed by atoms with Gasteiger partial charge in [0.1, 0.15) is 5.69 Å². The Labute approximate surface area is 162 Å². The number of aromatic nitrogens is 2. The van der Waals surface area contributed by atoms with Crippen LogP contribution in [0, 0.1) is 0 Å². The molecule has 0 aliphatic carbocycles. The third kappa shape index (κ3) is 3.98. The minimum Gasteiger partial charge on any atom is -0.463 e. The summed E-state index contributed by atoms with van der Waals surface area (Å²) in [5, 5.41) is 6.94. The summed E-state index contributed by atoms with van der Waals surface area (Å²) in [6.45, 7) is 2.13. The van der Waals surface area contributed by atoms with Crippen LogP contribution in [0.2, 0.25) is 0 Å². The summed E-state index contributed by atoms with van der Waals surface area (Å²) >= 11 is 0. The second kappa shape index (κ2) is 8.12. The maximum absolute atomic E-state index is 12.7. The first-order valence-electron chi connectivity index (χ1n) is 9.41. The smallest absolute Gasteiger partial charge is 0.274 e. The van der Waals surface area contributed by atoms with Gasteiger partial charge in [0, 0.05) is 38.7 Å². The number of H-pyrrole nitrogens is 1. The number of hydrogen-bond donors (Lipinski definition) is 1. The highest BCUT2D eigenvalue weighted by atomic mass is 16.3. The highest BCUT2D eigenvalue weighted by Crippen LogP contribution is 2.19. The predicted molar refractivity (Wildman–Crippen MR) is 104 cm³/mol. The average molecular weight is 378 g/mol. The van der Waals surface area contributed by atoms with E-state index in [1.807, 2.05) is 41.3 Å². The lowest BCUT2D eigenvalue weighted by molar-refractivity contribution is -0.132. The molecule has 2 amide bonds. The van der Waals surface area contributed by atoms with E-state index in [1.54, 1.807) is 23.3 Å². The molecule has 3 heterocycles. The lowest BCUT2D eigenvalue weighted by Crippen LogP contribution is -2.50. The van der Waals surface area contributed by atoms with E-state index in [-0.39, 0.29) is 11.8 Å². The molecule has 0 radical (unpaired) electrons. The van der Waals surface area contributed by atoms with Crippen LogP contribution in [0.3, 0.4) is 0 Å². The van der Waals surface area contributed by atoms with Crippen molar-refractivity contribution in [3.8, 4) is 11.5 Å². The van der Waals surface area contributed by atoms with Gasteiger partial charge in [-0.3, -0.25) is 14.7 Å². The van der Waals surface area contributed by atoms with Crippen LogP contribution in [0.5, 0.6) is 0 Å². The molecular weight excluding hydrogens is 356 g/mol. The monoisotopic (exact) mass is 378 g/mol. The summed E-state index contributed by atoms with van der Waals surface area (Å²) in [5.74, 6) is 0.640. The zero-order valence-electron chi connectivity index (χ0n) is 15.5. The third-order valence-corrected chi connectivity index (χ3v) is 4.97. The van der Waals surface area contributed by atoms with Crippen molar-refractivity contribution in [3.05, 3.63) is 66.1 Å². The summed E-state index contributed by atoms with van der Waals surface area (Å²) in [6.07, 6.45) is 2.80. The van der Waals surface area contributed by atoms with Crippen LogP contribution in [-0.4, -0.2) is 58.0 Å². The Morgan fingerprint density at radius 3 is 2.46 bits per heavy atom. The number of rotatable bonds is 5. The number of aromatic amines is 1. The molecule has 7 heteroatoms. The molecule has 4 rings (SSSR count). The van der Waals surface area contributed by atoms with E-state index in [4.69, 9.17) is 4.42 Å². The largest absolute Gasteiger partial charge is 0.463 e. The second-order valence-corrected chi connectivity index (χ2v) is 6.80. The van der Waals surface area contributed by atoms with E-state index >= 15 is 0 Å².